The van der Waals surface area contributed by atoms with Crippen molar-refractivity contribution >= 4 is 40.4 Å². The van der Waals surface area contributed by atoms with Gasteiger partial charge in [0.2, 0.25) is 11.8 Å². The molecule has 0 aliphatic heterocycles. The summed E-state index contributed by atoms with van der Waals surface area (Å²) in [5.74, 6) is -0.730. The molecule has 136 valence electrons. The third-order valence-electron chi connectivity index (χ3n) is 3.38. The summed E-state index contributed by atoms with van der Waals surface area (Å²) in [7, 11) is 0. The second kappa shape index (κ2) is 8.96. The molecule has 2 aromatic rings. The van der Waals surface area contributed by atoms with Crippen molar-refractivity contribution < 1.29 is 14.4 Å². The summed E-state index contributed by atoms with van der Waals surface area (Å²) in [5, 5.41) is 7.26. The Morgan fingerprint density at radius 1 is 1.12 bits per heavy atom. The maximum absolute atomic E-state index is 13.0. The van der Waals surface area contributed by atoms with Crippen LogP contribution in [0, 0.1) is 0 Å². The third kappa shape index (κ3) is 5.56. The fourth-order valence-electron chi connectivity index (χ4n) is 2.45. The summed E-state index contributed by atoms with van der Waals surface area (Å²) < 4.78 is 0. The number of hydrogen-bond acceptors (Lipinski definition) is 4. The summed E-state index contributed by atoms with van der Waals surface area (Å²) in [4.78, 5) is 38.4. The molecule has 2 rings (SSSR count). The summed E-state index contributed by atoms with van der Waals surface area (Å²) in [5.41, 5.74) is 1.27. The SMILES string of the molecule is C=CCN(Cc1cccs1)C(=O)c1cc(NC(C)=O)cc(NC(C)=O)c1. The zero-order valence-corrected chi connectivity index (χ0v) is 15.6. The van der Waals surface area contributed by atoms with Gasteiger partial charge in [0.1, 0.15) is 0 Å². The van der Waals surface area contributed by atoms with Gasteiger partial charge in [-0.3, -0.25) is 14.4 Å². The number of nitrogens with one attached hydrogen (secondary N) is 2. The van der Waals surface area contributed by atoms with Crippen molar-refractivity contribution in [2.45, 2.75) is 20.4 Å². The van der Waals surface area contributed by atoms with Crippen molar-refractivity contribution in [3.63, 3.8) is 0 Å². The highest BCUT2D eigenvalue weighted by Crippen LogP contribution is 2.22. The van der Waals surface area contributed by atoms with E-state index in [0.29, 0.717) is 30.0 Å². The van der Waals surface area contributed by atoms with Gasteiger partial charge in [-0.2, -0.15) is 0 Å². The Labute approximate surface area is 156 Å². The number of rotatable bonds is 7. The quantitative estimate of drug-likeness (QED) is 0.731. The molecule has 1 heterocycles. The molecule has 7 heteroatoms. The van der Waals surface area contributed by atoms with Crippen molar-refractivity contribution in [3.05, 3.63) is 58.8 Å². The van der Waals surface area contributed by atoms with E-state index < -0.39 is 0 Å². The van der Waals surface area contributed by atoms with Crippen LogP contribution in [0.15, 0.2) is 48.4 Å². The van der Waals surface area contributed by atoms with Crippen LogP contribution in [-0.4, -0.2) is 29.2 Å². The molecule has 1 aromatic heterocycles. The number of anilines is 2. The predicted molar refractivity (Wildman–Crippen MR) is 104 cm³/mol. The Morgan fingerprint density at radius 3 is 2.19 bits per heavy atom. The number of benzene rings is 1. The first-order valence-corrected chi connectivity index (χ1v) is 8.90. The predicted octanol–water partition coefficient (Wildman–Crippen LogP) is 3.49. The first-order valence-electron chi connectivity index (χ1n) is 8.02. The molecule has 0 atom stereocenters. The first-order chi connectivity index (χ1) is 12.4. The number of nitrogens with zero attached hydrogens (tertiary/aromatic N) is 1. The monoisotopic (exact) mass is 371 g/mol. The van der Waals surface area contributed by atoms with E-state index in [1.807, 2.05) is 17.5 Å². The van der Waals surface area contributed by atoms with Gasteiger partial charge >= 0.3 is 0 Å². The van der Waals surface area contributed by atoms with Crippen molar-refractivity contribution in [2.75, 3.05) is 17.2 Å². The topological polar surface area (TPSA) is 78.5 Å². The Balaban J connectivity index is 2.34. The van der Waals surface area contributed by atoms with Gasteiger partial charge in [-0.25, -0.2) is 0 Å². The maximum atomic E-state index is 13.0. The average molecular weight is 371 g/mol. The summed E-state index contributed by atoms with van der Waals surface area (Å²) in [6, 6.07) is 8.70. The highest BCUT2D eigenvalue weighted by atomic mass is 32.1. The number of thiophene rings is 1. The van der Waals surface area contributed by atoms with E-state index in [9.17, 15) is 14.4 Å². The van der Waals surface area contributed by atoms with Gasteiger partial charge in [0, 0.05) is 42.2 Å². The largest absolute Gasteiger partial charge is 0.330 e. The molecule has 0 radical (unpaired) electrons. The van der Waals surface area contributed by atoms with Crippen LogP contribution in [0.5, 0.6) is 0 Å². The van der Waals surface area contributed by atoms with E-state index in [0.717, 1.165) is 4.88 Å². The number of carbonyl (C=O) groups is 3. The highest BCUT2D eigenvalue weighted by molar-refractivity contribution is 7.09. The van der Waals surface area contributed by atoms with Crippen LogP contribution in [0.25, 0.3) is 0 Å². The van der Waals surface area contributed by atoms with Gasteiger partial charge in [0.25, 0.3) is 5.91 Å². The van der Waals surface area contributed by atoms with Crippen LogP contribution in [0.3, 0.4) is 0 Å². The molecular weight excluding hydrogens is 350 g/mol. The fraction of sp³-hybridized carbons (Fsp3) is 0.211. The summed E-state index contributed by atoms with van der Waals surface area (Å²) >= 11 is 1.57. The first kappa shape index (κ1) is 19.4. The maximum Gasteiger partial charge on any atom is 0.254 e. The number of hydrogen-bond donors (Lipinski definition) is 2. The Bertz CT molecular complexity index is 781. The van der Waals surface area contributed by atoms with Crippen LogP contribution < -0.4 is 10.6 Å². The normalized spacial score (nSPS) is 10.1. The number of amides is 3. The smallest absolute Gasteiger partial charge is 0.254 e. The fourth-order valence-corrected chi connectivity index (χ4v) is 3.17. The van der Waals surface area contributed by atoms with Crippen molar-refractivity contribution in [3.8, 4) is 0 Å². The van der Waals surface area contributed by atoms with E-state index in [1.54, 1.807) is 40.5 Å². The van der Waals surface area contributed by atoms with Crippen LogP contribution in [0.4, 0.5) is 11.4 Å². The Kier molecular flexibility index (Phi) is 6.68. The van der Waals surface area contributed by atoms with Crippen molar-refractivity contribution in [2.24, 2.45) is 0 Å². The lowest BCUT2D eigenvalue weighted by molar-refractivity contribution is -0.115. The average Bonchev–Trinajstić information content (AvgIpc) is 3.05. The lowest BCUT2D eigenvalue weighted by Gasteiger charge is -2.21. The molecule has 0 bridgehead atoms. The Hall–Kier alpha value is -2.93. The zero-order valence-electron chi connectivity index (χ0n) is 14.7. The summed E-state index contributed by atoms with van der Waals surface area (Å²) in [6.45, 7) is 7.33. The molecule has 0 aliphatic rings. The molecule has 0 fully saturated rings. The second-order valence-electron chi connectivity index (χ2n) is 5.72. The molecule has 0 spiro atoms. The highest BCUT2D eigenvalue weighted by Gasteiger charge is 2.17. The molecule has 0 saturated heterocycles. The van der Waals surface area contributed by atoms with Gasteiger partial charge in [-0.15, -0.1) is 17.9 Å². The lowest BCUT2D eigenvalue weighted by atomic mass is 10.1. The second-order valence-corrected chi connectivity index (χ2v) is 6.75. The number of carbonyl (C=O) groups excluding carboxylic acids is 3. The molecule has 3 amide bonds. The van der Waals surface area contributed by atoms with Crippen LogP contribution >= 0.6 is 11.3 Å². The van der Waals surface area contributed by atoms with Crippen LogP contribution in [-0.2, 0) is 16.1 Å². The summed E-state index contributed by atoms with van der Waals surface area (Å²) in [6.07, 6.45) is 1.66. The minimum Gasteiger partial charge on any atom is -0.330 e. The van der Waals surface area contributed by atoms with E-state index in [2.05, 4.69) is 17.2 Å². The van der Waals surface area contributed by atoms with Gasteiger partial charge in [0.05, 0.1) is 6.54 Å². The third-order valence-corrected chi connectivity index (χ3v) is 4.25. The van der Waals surface area contributed by atoms with Crippen molar-refractivity contribution in [1.82, 2.24) is 4.90 Å². The van der Waals surface area contributed by atoms with E-state index in [1.165, 1.54) is 13.8 Å². The standard InChI is InChI=1S/C19H21N3O3S/c1-4-7-22(12-18-6-5-8-26-18)19(25)15-9-16(20-13(2)23)11-17(10-15)21-14(3)24/h4-6,8-11H,1,7,12H2,2-3H3,(H,20,23)(H,21,24). The van der Waals surface area contributed by atoms with Gasteiger partial charge in [0.15, 0.2) is 0 Å². The van der Waals surface area contributed by atoms with Crippen molar-refractivity contribution in [1.29, 1.82) is 0 Å². The van der Waals surface area contributed by atoms with E-state index >= 15 is 0 Å². The molecule has 2 N–H and O–H groups in total. The van der Waals surface area contributed by atoms with E-state index in [4.69, 9.17) is 0 Å². The van der Waals surface area contributed by atoms with Gasteiger partial charge in [-0.05, 0) is 29.6 Å². The molecule has 0 saturated carbocycles. The molecule has 0 aliphatic carbocycles. The zero-order chi connectivity index (χ0) is 19.1. The van der Waals surface area contributed by atoms with Crippen LogP contribution in [0.2, 0.25) is 0 Å². The van der Waals surface area contributed by atoms with Crippen LogP contribution in [0.1, 0.15) is 29.1 Å². The lowest BCUT2D eigenvalue weighted by Crippen LogP contribution is -2.30. The molecule has 1 aromatic carbocycles. The molecule has 0 unspecified atom stereocenters. The minimum absolute atomic E-state index is 0.211. The van der Waals surface area contributed by atoms with E-state index in [-0.39, 0.29) is 17.7 Å². The molecule has 6 nitrogen and oxygen atoms in total. The molecular formula is C19H21N3O3S. The minimum atomic E-state index is -0.259. The van der Waals surface area contributed by atoms with Gasteiger partial charge < -0.3 is 15.5 Å². The van der Waals surface area contributed by atoms with Gasteiger partial charge in [-0.1, -0.05) is 12.1 Å². The Morgan fingerprint density at radius 2 is 1.73 bits per heavy atom. The molecule has 26 heavy (non-hydrogen) atoms.